The van der Waals surface area contributed by atoms with Gasteiger partial charge in [0.1, 0.15) is 0 Å². The summed E-state index contributed by atoms with van der Waals surface area (Å²) < 4.78 is 2.19. The molecule has 3 heteroatoms. The molecule has 0 bridgehead atoms. The third-order valence-corrected chi connectivity index (χ3v) is 2.14. The van der Waals surface area contributed by atoms with Gasteiger partial charge in [0.2, 0.25) is 0 Å². The highest BCUT2D eigenvalue weighted by Crippen LogP contribution is 2.17. The molecular weight excluding hydrogens is 133 g/mol. The van der Waals surface area contributed by atoms with E-state index in [0.717, 1.165) is 25.9 Å². The Hall–Kier alpha value is -0.0700. The van der Waals surface area contributed by atoms with Gasteiger partial charge in [-0.05, 0) is 18.4 Å². The van der Waals surface area contributed by atoms with Gasteiger partial charge in [0.25, 0.3) is 0 Å². The van der Waals surface area contributed by atoms with Gasteiger partial charge in [0.05, 0.1) is 6.26 Å². The summed E-state index contributed by atoms with van der Waals surface area (Å²) in [4.78, 5) is 0. The predicted octanol–water partition coefficient (Wildman–Crippen LogP) is 1.31. The van der Waals surface area contributed by atoms with Crippen molar-refractivity contribution in [2.75, 3.05) is 13.1 Å². The van der Waals surface area contributed by atoms with Gasteiger partial charge >= 0.3 is 0 Å². The molecular formula is C6H12NOP. The van der Waals surface area contributed by atoms with E-state index in [1.807, 2.05) is 0 Å². The number of aliphatic hydroxyl groups is 1. The SMILES string of the molecule is OC=C1CCN(P)CC1. The van der Waals surface area contributed by atoms with Crippen molar-refractivity contribution in [1.82, 2.24) is 4.67 Å². The number of hydrogen-bond donors (Lipinski definition) is 1. The molecule has 1 atom stereocenters. The molecule has 1 fully saturated rings. The lowest BCUT2D eigenvalue weighted by molar-refractivity contribution is 0.405. The van der Waals surface area contributed by atoms with Crippen LogP contribution in [0.25, 0.3) is 0 Å². The number of aliphatic hydroxyl groups excluding tert-OH is 1. The van der Waals surface area contributed by atoms with Gasteiger partial charge < -0.3 is 5.11 Å². The second-order valence-electron chi connectivity index (χ2n) is 2.32. The second kappa shape index (κ2) is 3.19. The Balaban J connectivity index is 2.35. The Kier molecular flexibility index (Phi) is 2.49. The van der Waals surface area contributed by atoms with Gasteiger partial charge in [-0.3, -0.25) is 4.67 Å². The van der Waals surface area contributed by atoms with Crippen molar-refractivity contribution < 1.29 is 5.11 Å². The van der Waals surface area contributed by atoms with Crippen LogP contribution in [0.1, 0.15) is 12.8 Å². The van der Waals surface area contributed by atoms with E-state index in [2.05, 4.69) is 14.1 Å². The molecule has 1 unspecified atom stereocenters. The van der Waals surface area contributed by atoms with Crippen LogP contribution in [0, 0.1) is 0 Å². The summed E-state index contributed by atoms with van der Waals surface area (Å²) in [6.07, 6.45) is 3.28. The highest BCUT2D eigenvalue weighted by atomic mass is 31.0. The molecule has 0 radical (unpaired) electrons. The third-order valence-electron chi connectivity index (χ3n) is 1.62. The molecule has 52 valence electrons. The molecule has 0 amide bonds. The zero-order valence-electron chi connectivity index (χ0n) is 5.38. The molecule has 0 aromatic carbocycles. The van der Waals surface area contributed by atoms with Crippen LogP contribution in [0.2, 0.25) is 0 Å². The van der Waals surface area contributed by atoms with Crippen LogP contribution < -0.4 is 0 Å². The van der Waals surface area contributed by atoms with E-state index in [0.29, 0.717) is 0 Å². The van der Waals surface area contributed by atoms with Crippen LogP contribution in [0.3, 0.4) is 0 Å². The van der Waals surface area contributed by atoms with Crippen molar-refractivity contribution in [3.8, 4) is 0 Å². The van der Waals surface area contributed by atoms with Gasteiger partial charge in [-0.2, -0.15) is 0 Å². The molecule has 1 aliphatic heterocycles. The highest BCUT2D eigenvalue weighted by molar-refractivity contribution is 7.13. The van der Waals surface area contributed by atoms with Crippen LogP contribution in [-0.2, 0) is 0 Å². The number of nitrogens with zero attached hydrogens (tertiary/aromatic N) is 1. The Bertz CT molecular complexity index is 114. The van der Waals surface area contributed by atoms with Crippen molar-refractivity contribution in [3.05, 3.63) is 11.8 Å². The van der Waals surface area contributed by atoms with Crippen LogP contribution >= 0.6 is 9.39 Å². The van der Waals surface area contributed by atoms with Crippen molar-refractivity contribution >= 4 is 9.39 Å². The predicted molar refractivity (Wildman–Crippen MR) is 41.2 cm³/mol. The molecule has 0 aliphatic carbocycles. The molecule has 9 heavy (non-hydrogen) atoms. The zero-order chi connectivity index (χ0) is 6.69. The molecule has 0 aromatic rings. The van der Waals surface area contributed by atoms with Gasteiger partial charge in [0.15, 0.2) is 0 Å². The molecule has 1 rings (SSSR count). The Morgan fingerprint density at radius 2 is 2.00 bits per heavy atom. The molecule has 2 nitrogen and oxygen atoms in total. The minimum absolute atomic E-state index is 1.01. The standard InChI is InChI=1S/C6H12NOP/c8-5-6-1-3-7(9)4-2-6/h5,8H,1-4,9H2. The maximum atomic E-state index is 8.59. The summed E-state index contributed by atoms with van der Waals surface area (Å²) in [6.45, 7) is 2.11. The van der Waals surface area contributed by atoms with Gasteiger partial charge in [-0.1, -0.05) is 9.39 Å². The van der Waals surface area contributed by atoms with Crippen LogP contribution in [0.5, 0.6) is 0 Å². The minimum atomic E-state index is 1.01. The third kappa shape index (κ3) is 1.96. The summed E-state index contributed by atoms with van der Waals surface area (Å²) in [6, 6.07) is 0. The first-order chi connectivity index (χ1) is 4.33. The number of rotatable bonds is 0. The fraction of sp³-hybridized carbons (Fsp3) is 0.667. The highest BCUT2D eigenvalue weighted by Gasteiger charge is 2.08. The minimum Gasteiger partial charge on any atom is -0.516 e. The summed E-state index contributed by atoms with van der Waals surface area (Å²) in [5.74, 6) is 0. The van der Waals surface area contributed by atoms with Crippen LogP contribution in [0.4, 0.5) is 0 Å². The summed E-state index contributed by atoms with van der Waals surface area (Å²) in [7, 11) is 2.67. The lowest BCUT2D eigenvalue weighted by Crippen LogP contribution is -2.20. The zero-order valence-corrected chi connectivity index (χ0v) is 6.53. The smallest absolute Gasteiger partial charge is 0.0784 e. The Morgan fingerprint density at radius 1 is 1.44 bits per heavy atom. The summed E-state index contributed by atoms with van der Waals surface area (Å²) >= 11 is 0. The molecule has 0 spiro atoms. The maximum absolute atomic E-state index is 8.59. The monoisotopic (exact) mass is 145 g/mol. The largest absolute Gasteiger partial charge is 0.516 e. The topological polar surface area (TPSA) is 23.5 Å². The Morgan fingerprint density at radius 3 is 2.44 bits per heavy atom. The lowest BCUT2D eigenvalue weighted by Gasteiger charge is -2.22. The first-order valence-corrected chi connectivity index (χ1v) is 3.66. The summed E-state index contributed by atoms with van der Waals surface area (Å²) in [5, 5.41) is 8.59. The lowest BCUT2D eigenvalue weighted by atomic mass is 10.1. The van der Waals surface area contributed by atoms with Crippen molar-refractivity contribution in [3.63, 3.8) is 0 Å². The van der Waals surface area contributed by atoms with Gasteiger partial charge in [-0.25, -0.2) is 0 Å². The average Bonchev–Trinajstić information content (AvgIpc) is 1.90. The quantitative estimate of drug-likeness (QED) is 0.410. The molecule has 1 aliphatic rings. The van der Waals surface area contributed by atoms with Crippen molar-refractivity contribution in [2.45, 2.75) is 12.8 Å². The van der Waals surface area contributed by atoms with Gasteiger partial charge in [0, 0.05) is 13.1 Å². The van der Waals surface area contributed by atoms with Crippen LogP contribution in [-0.4, -0.2) is 22.9 Å². The number of piperidine rings is 1. The van der Waals surface area contributed by atoms with E-state index < -0.39 is 0 Å². The van der Waals surface area contributed by atoms with Crippen molar-refractivity contribution in [1.29, 1.82) is 0 Å². The molecule has 1 heterocycles. The number of hydrogen-bond acceptors (Lipinski definition) is 2. The molecule has 1 N–H and O–H groups in total. The van der Waals surface area contributed by atoms with E-state index >= 15 is 0 Å². The molecule has 1 saturated heterocycles. The van der Waals surface area contributed by atoms with Gasteiger partial charge in [-0.15, -0.1) is 0 Å². The fourth-order valence-corrected chi connectivity index (χ4v) is 1.20. The first-order valence-electron chi connectivity index (χ1n) is 3.14. The van der Waals surface area contributed by atoms with E-state index in [-0.39, 0.29) is 0 Å². The average molecular weight is 145 g/mol. The van der Waals surface area contributed by atoms with E-state index in [1.54, 1.807) is 0 Å². The maximum Gasteiger partial charge on any atom is 0.0784 e. The normalized spacial score (nSPS) is 22.1. The van der Waals surface area contributed by atoms with Crippen molar-refractivity contribution in [2.24, 2.45) is 0 Å². The molecule has 0 aromatic heterocycles. The van der Waals surface area contributed by atoms with E-state index in [1.165, 1.54) is 11.8 Å². The Labute approximate surface area is 57.8 Å². The summed E-state index contributed by atoms with van der Waals surface area (Å²) in [5.41, 5.74) is 1.17. The van der Waals surface area contributed by atoms with E-state index in [9.17, 15) is 0 Å². The first kappa shape index (κ1) is 7.04. The molecule has 0 saturated carbocycles. The van der Waals surface area contributed by atoms with E-state index in [4.69, 9.17) is 5.11 Å². The fourth-order valence-electron chi connectivity index (χ4n) is 0.940. The van der Waals surface area contributed by atoms with Crippen LogP contribution in [0.15, 0.2) is 11.8 Å². The second-order valence-corrected chi connectivity index (χ2v) is 3.05.